The molecule has 1 fully saturated rings. The lowest BCUT2D eigenvalue weighted by Gasteiger charge is -2.18. The van der Waals surface area contributed by atoms with Gasteiger partial charge in [-0.2, -0.15) is 0 Å². The number of piperidine rings is 1. The normalized spacial score (nSPS) is 19.1. The molecule has 0 saturated carbocycles. The number of hydrogen-bond donors (Lipinski definition) is 1. The lowest BCUT2D eigenvalue weighted by molar-refractivity contribution is -0.384. The van der Waals surface area contributed by atoms with Crippen LogP contribution in [0.4, 0.5) is 5.69 Å². The summed E-state index contributed by atoms with van der Waals surface area (Å²) in [6.45, 7) is 1.84. The Balaban J connectivity index is 1.87. The number of rotatable bonds is 3. The van der Waals surface area contributed by atoms with Gasteiger partial charge < -0.3 is 14.3 Å². The third-order valence-electron chi connectivity index (χ3n) is 3.51. The number of aromatic nitrogens is 3. The third-order valence-corrected chi connectivity index (χ3v) is 3.51. The molecule has 0 spiro atoms. The first-order chi connectivity index (χ1) is 9.65. The molecule has 1 aliphatic heterocycles. The highest BCUT2D eigenvalue weighted by molar-refractivity contribution is 5.54. The van der Waals surface area contributed by atoms with E-state index in [0.29, 0.717) is 17.5 Å². The highest BCUT2D eigenvalue weighted by Crippen LogP contribution is 2.28. The van der Waals surface area contributed by atoms with Crippen LogP contribution in [-0.2, 0) is 7.05 Å². The SMILES string of the molecule is Cn1cc([N+](=O)[O-])cc1-c1nnc(C2CCCNC2)o1. The van der Waals surface area contributed by atoms with E-state index in [4.69, 9.17) is 4.42 Å². The smallest absolute Gasteiger partial charge is 0.287 e. The Hall–Kier alpha value is -2.22. The van der Waals surface area contributed by atoms with Crippen LogP contribution in [0.1, 0.15) is 24.7 Å². The van der Waals surface area contributed by atoms with Crippen molar-refractivity contribution < 1.29 is 9.34 Å². The van der Waals surface area contributed by atoms with Crippen LogP contribution in [0.2, 0.25) is 0 Å². The van der Waals surface area contributed by atoms with Crippen LogP contribution in [0.3, 0.4) is 0 Å². The first-order valence-corrected chi connectivity index (χ1v) is 6.50. The summed E-state index contributed by atoms with van der Waals surface area (Å²) in [6.07, 6.45) is 3.53. The van der Waals surface area contributed by atoms with E-state index < -0.39 is 4.92 Å². The van der Waals surface area contributed by atoms with Gasteiger partial charge in [0.2, 0.25) is 5.89 Å². The average Bonchev–Trinajstić information content (AvgIpc) is 3.06. The lowest BCUT2D eigenvalue weighted by atomic mass is 10.00. The summed E-state index contributed by atoms with van der Waals surface area (Å²) < 4.78 is 7.30. The predicted molar refractivity (Wildman–Crippen MR) is 70.2 cm³/mol. The fraction of sp³-hybridized carbons (Fsp3) is 0.500. The van der Waals surface area contributed by atoms with Crippen LogP contribution < -0.4 is 5.32 Å². The largest absolute Gasteiger partial charge is 0.419 e. The molecular weight excluding hydrogens is 262 g/mol. The van der Waals surface area contributed by atoms with Crippen molar-refractivity contribution in [2.24, 2.45) is 7.05 Å². The van der Waals surface area contributed by atoms with Crippen LogP contribution >= 0.6 is 0 Å². The van der Waals surface area contributed by atoms with E-state index in [1.54, 1.807) is 11.6 Å². The number of aryl methyl sites for hydroxylation is 1. The van der Waals surface area contributed by atoms with E-state index in [0.717, 1.165) is 25.9 Å². The summed E-state index contributed by atoms with van der Waals surface area (Å²) in [5, 5.41) is 22.1. The summed E-state index contributed by atoms with van der Waals surface area (Å²) >= 11 is 0. The molecule has 20 heavy (non-hydrogen) atoms. The quantitative estimate of drug-likeness (QED) is 0.673. The molecule has 3 heterocycles. The van der Waals surface area contributed by atoms with Crippen molar-refractivity contribution in [3.05, 3.63) is 28.3 Å². The lowest BCUT2D eigenvalue weighted by Crippen LogP contribution is -2.28. The molecule has 0 aliphatic carbocycles. The standard InChI is InChI=1S/C12H15N5O3/c1-16-7-9(17(18)19)5-10(16)12-15-14-11(20-12)8-3-2-4-13-6-8/h5,7-8,13H,2-4,6H2,1H3. The van der Waals surface area contributed by atoms with Gasteiger partial charge in [0.05, 0.1) is 11.1 Å². The van der Waals surface area contributed by atoms with Crippen LogP contribution in [0.25, 0.3) is 11.6 Å². The van der Waals surface area contributed by atoms with Gasteiger partial charge in [-0.05, 0) is 19.4 Å². The molecular formula is C12H15N5O3. The van der Waals surface area contributed by atoms with Gasteiger partial charge in [0.25, 0.3) is 11.6 Å². The van der Waals surface area contributed by atoms with Crippen molar-refractivity contribution >= 4 is 5.69 Å². The van der Waals surface area contributed by atoms with E-state index >= 15 is 0 Å². The minimum atomic E-state index is -0.439. The van der Waals surface area contributed by atoms with Crippen molar-refractivity contribution in [2.75, 3.05) is 13.1 Å². The second-order valence-electron chi connectivity index (χ2n) is 4.94. The summed E-state index contributed by atoms with van der Waals surface area (Å²) in [4.78, 5) is 10.3. The first-order valence-electron chi connectivity index (χ1n) is 6.50. The van der Waals surface area contributed by atoms with E-state index in [2.05, 4.69) is 15.5 Å². The van der Waals surface area contributed by atoms with Gasteiger partial charge in [-0.3, -0.25) is 10.1 Å². The van der Waals surface area contributed by atoms with Gasteiger partial charge in [0.1, 0.15) is 5.69 Å². The topological polar surface area (TPSA) is 99.0 Å². The zero-order chi connectivity index (χ0) is 14.1. The minimum absolute atomic E-state index is 0.0154. The molecule has 2 aromatic rings. The van der Waals surface area contributed by atoms with Crippen molar-refractivity contribution in [3.8, 4) is 11.6 Å². The molecule has 3 rings (SSSR count). The number of nitro groups is 1. The maximum atomic E-state index is 10.8. The fourth-order valence-electron chi connectivity index (χ4n) is 2.43. The van der Waals surface area contributed by atoms with Crippen molar-refractivity contribution in [2.45, 2.75) is 18.8 Å². The van der Waals surface area contributed by atoms with E-state index in [1.165, 1.54) is 12.3 Å². The van der Waals surface area contributed by atoms with Crippen molar-refractivity contribution in [1.82, 2.24) is 20.1 Å². The fourth-order valence-corrected chi connectivity index (χ4v) is 2.43. The van der Waals surface area contributed by atoms with Gasteiger partial charge in [0, 0.05) is 25.6 Å². The molecule has 1 aliphatic rings. The van der Waals surface area contributed by atoms with Gasteiger partial charge in [0.15, 0.2) is 0 Å². The van der Waals surface area contributed by atoms with Crippen LogP contribution in [0.15, 0.2) is 16.7 Å². The molecule has 8 nitrogen and oxygen atoms in total. The zero-order valence-corrected chi connectivity index (χ0v) is 11.1. The van der Waals surface area contributed by atoms with E-state index in [-0.39, 0.29) is 11.6 Å². The summed E-state index contributed by atoms with van der Waals surface area (Å²) in [5.74, 6) is 1.14. The number of nitrogens with one attached hydrogen (secondary N) is 1. The number of hydrogen-bond acceptors (Lipinski definition) is 6. The Morgan fingerprint density at radius 3 is 3.05 bits per heavy atom. The van der Waals surface area contributed by atoms with Crippen molar-refractivity contribution in [1.29, 1.82) is 0 Å². The molecule has 1 atom stereocenters. The number of nitrogens with zero attached hydrogens (tertiary/aromatic N) is 4. The summed E-state index contributed by atoms with van der Waals surface area (Å²) in [7, 11) is 1.72. The second kappa shape index (κ2) is 5.04. The second-order valence-corrected chi connectivity index (χ2v) is 4.94. The highest BCUT2D eigenvalue weighted by Gasteiger charge is 2.23. The Morgan fingerprint density at radius 1 is 1.55 bits per heavy atom. The molecule has 106 valence electrons. The van der Waals surface area contributed by atoms with Crippen LogP contribution in [0.5, 0.6) is 0 Å². The monoisotopic (exact) mass is 277 g/mol. The Morgan fingerprint density at radius 2 is 2.40 bits per heavy atom. The molecule has 0 bridgehead atoms. The molecule has 0 radical (unpaired) electrons. The molecule has 1 unspecified atom stereocenters. The Kier molecular flexibility index (Phi) is 3.23. The molecule has 0 aromatic carbocycles. The van der Waals surface area contributed by atoms with Crippen molar-refractivity contribution in [3.63, 3.8) is 0 Å². The van der Waals surface area contributed by atoms with Gasteiger partial charge in [-0.25, -0.2) is 0 Å². The zero-order valence-electron chi connectivity index (χ0n) is 11.1. The summed E-state index contributed by atoms with van der Waals surface area (Å²) in [6, 6.07) is 1.44. The Bertz CT molecular complexity index is 627. The predicted octanol–water partition coefficient (Wildman–Crippen LogP) is 1.45. The van der Waals surface area contributed by atoms with Gasteiger partial charge in [-0.15, -0.1) is 10.2 Å². The molecule has 1 saturated heterocycles. The maximum Gasteiger partial charge on any atom is 0.287 e. The Labute approximate surface area is 114 Å². The highest BCUT2D eigenvalue weighted by atomic mass is 16.6. The van der Waals surface area contributed by atoms with Gasteiger partial charge >= 0.3 is 0 Å². The third kappa shape index (κ3) is 2.29. The summed E-state index contributed by atoms with van der Waals surface area (Å²) in [5.41, 5.74) is 0.570. The maximum absolute atomic E-state index is 10.8. The van der Waals surface area contributed by atoms with Crippen LogP contribution in [0, 0.1) is 10.1 Å². The van der Waals surface area contributed by atoms with Crippen LogP contribution in [-0.4, -0.2) is 32.8 Å². The first kappa shape index (κ1) is 12.8. The van der Waals surface area contributed by atoms with Gasteiger partial charge in [-0.1, -0.05) is 0 Å². The molecule has 2 aromatic heterocycles. The average molecular weight is 277 g/mol. The molecule has 8 heteroatoms. The minimum Gasteiger partial charge on any atom is -0.419 e. The van der Waals surface area contributed by atoms with E-state index in [9.17, 15) is 10.1 Å². The molecule has 1 N–H and O–H groups in total. The van der Waals surface area contributed by atoms with E-state index in [1.807, 2.05) is 0 Å². The molecule has 0 amide bonds.